The number of hydrogen-bond donors (Lipinski definition) is 3. The highest BCUT2D eigenvalue weighted by Gasteiger charge is 2.39. The number of rotatable bonds is 11. The van der Waals surface area contributed by atoms with Crippen LogP contribution < -0.4 is 16.0 Å². The standard InChI is InChI=1S/C24H37N3O6/c1-17(2)11-19(27-22(30)33-23(3,4)5)21(29)25-14-24(15-31-16-24)26-12-20(28)32-13-18-9-7-6-8-10-18/h6-10,17,19,26H,11-16H2,1-5H3,(H,25,29)(H,27,30)/t19-/m0/s1. The third-order valence-electron chi connectivity index (χ3n) is 4.92. The first-order valence-electron chi connectivity index (χ1n) is 11.3. The number of esters is 1. The van der Waals surface area contributed by atoms with Crippen molar-refractivity contribution in [3.8, 4) is 0 Å². The van der Waals surface area contributed by atoms with Gasteiger partial charge in [0.15, 0.2) is 0 Å². The van der Waals surface area contributed by atoms with E-state index in [0.29, 0.717) is 19.6 Å². The molecule has 0 radical (unpaired) electrons. The Labute approximate surface area is 195 Å². The van der Waals surface area contributed by atoms with Gasteiger partial charge in [-0.25, -0.2) is 4.79 Å². The predicted octanol–water partition coefficient (Wildman–Crippen LogP) is 2.14. The Hall–Kier alpha value is -2.65. The van der Waals surface area contributed by atoms with E-state index in [-0.39, 0.29) is 37.5 Å². The van der Waals surface area contributed by atoms with Gasteiger partial charge in [0, 0.05) is 6.54 Å². The average Bonchev–Trinajstić information content (AvgIpc) is 2.69. The molecule has 1 fully saturated rings. The molecule has 0 aliphatic carbocycles. The molecule has 1 aliphatic rings. The summed E-state index contributed by atoms with van der Waals surface area (Å²) in [6.07, 6.45) is -0.169. The third kappa shape index (κ3) is 9.79. The van der Waals surface area contributed by atoms with Gasteiger partial charge in [-0.1, -0.05) is 44.2 Å². The number of ether oxygens (including phenoxy) is 3. The van der Waals surface area contributed by atoms with Crippen molar-refractivity contribution in [1.29, 1.82) is 0 Å². The van der Waals surface area contributed by atoms with Gasteiger partial charge in [-0.3, -0.25) is 14.9 Å². The van der Waals surface area contributed by atoms with Gasteiger partial charge in [0.1, 0.15) is 18.2 Å². The van der Waals surface area contributed by atoms with Crippen molar-refractivity contribution >= 4 is 18.0 Å². The van der Waals surface area contributed by atoms with Gasteiger partial charge in [0.05, 0.1) is 25.3 Å². The van der Waals surface area contributed by atoms with Gasteiger partial charge in [0.2, 0.25) is 5.91 Å². The molecular weight excluding hydrogens is 426 g/mol. The molecule has 33 heavy (non-hydrogen) atoms. The lowest BCUT2D eigenvalue weighted by Gasteiger charge is -2.42. The summed E-state index contributed by atoms with van der Waals surface area (Å²) in [7, 11) is 0. The van der Waals surface area contributed by atoms with Gasteiger partial charge < -0.3 is 24.8 Å². The molecule has 2 amide bonds. The normalized spacial score (nSPS) is 15.8. The minimum atomic E-state index is -0.728. The van der Waals surface area contributed by atoms with Crippen LogP contribution >= 0.6 is 0 Å². The maximum atomic E-state index is 12.8. The van der Waals surface area contributed by atoms with Gasteiger partial charge in [0.25, 0.3) is 0 Å². The lowest BCUT2D eigenvalue weighted by atomic mass is 9.96. The minimum Gasteiger partial charge on any atom is -0.460 e. The Morgan fingerprint density at radius 2 is 1.79 bits per heavy atom. The van der Waals surface area contributed by atoms with Crippen LogP contribution in [0.1, 0.15) is 46.6 Å². The number of carbonyl (C=O) groups excluding carboxylic acids is 3. The third-order valence-corrected chi connectivity index (χ3v) is 4.92. The van der Waals surface area contributed by atoms with Crippen LogP contribution in [0.15, 0.2) is 30.3 Å². The van der Waals surface area contributed by atoms with Crippen molar-refractivity contribution < 1.29 is 28.6 Å². The van der Waals surface area contributed by atoms with Crippen molar-refractivity contribution in [2.75, 3.05) is 26.3 Å². The van der Waals surface area contributed by atoms with Crippen molar-refractivity contribution in [2.45, 2.75) is 64.8 Å². The summed E-state index contributed by atoms with van der Waals surface area (Å²) in [6, 6.07) is 8.71. The summed E-state index contributed by atoms with van der Waals surface area (Å²) in [5.74, 6) is -0.510. The van der Waals surface area contributed by atoms with Gasteiger partial charge in [-0.15, -0.1) is 0 Å². The molecule has 1 saturated heterocycles. The fourth-order valence-electron chi connectivity index (χ4n) is 3.20. The molecule has 0 saturated carbocycles. The van der Waals surface area contributed by atoms with E-state index >= 15 is 0 Å². The summed E-state index contributed by atoms with van der Waals surface area (Å²) >= 11 is 0. The second kappa shape index (κ2) is 12.0. The lowest BCUT2D eigenvalue weighted by molar-refractivity contribution is -0.146. The first-order valence-corrected chi connectivity index (χ1v) is 11.3. The van der Waals surface area contributed by atoms with Crippen LogP contribution in [0.25, 0.3) is 0 Å². The SMILES string of the molecule is CC(C)C[C@H](NC(=O)OC(C)(C)C)C(=O)NCC1(NCC(=O)OCc2ccccc2)COC1. The summed E-state index contributed by atoms with van der Waals surface area (Å²) in [5.41, 5.74) is -0.307. The zero-order valence-electron chi connectivity index (χ0n) is 20.2. The van der Waals surface area contributed by atoms with E-state index < -0.39 is 23.3 Å². The molecule has 1 aliphatic heterocycles. The first kappa shape index (κ1) is 26.6. The topological polar surface area (TPSA) is 115 Å². The molecule has 0 aromatic heterocycles. The summed E-state index contributed by atoms with van der Waals surface area (Å²) in [6.45, 7) is 10.4. The van der Waals surface area contributed by atoms with Gasteiger partial charge in [-0.05, 0) is 38.7 Å². The number of hydrogen-bond acceptors (Lipinski definition) is 7. The lowest BCUT2D eigenvalue weighted by Crippen LogP contribution is -2.67. The molecule has 0 bridgehead atoms. The smallest absolute Gasteiger partial charge is 0.408 e. The Morgan fingerprint density at radius 1 is 1.12 bits per heavy atom. The van der Waals surface area contributed by atoms with E-state index in [2.05, 4.69) is 16.0 Å². The zero-order chi connectivity index (χ0) is 24.5. The van der Waals surface area contributed by atoms with Crippen LogP contribution in [0.4, 0.5) is 4.79 Å². The molecule has 0 spiro atoms. The van der Waals surface area contributed by atoms with E-state index in [0.717, 1.165) is 5.56 Å². The first-order chi connectivity index (χ1) is 15.5. The van der Waals surface area contributed by atoms with Crippen molar-refractivity contribution in [3.63, 3.8) is 0 Å². The molecule has 1 atom stereocenters. The monoisotopic (exact) mass is 463 g/mol. The molecule has 1 heterocycles. The van der Waals surface area contributed by atoms with E-state index in [1.165, 1.54) is 0 Å². The van der Waals surface area contributed by atoms with E-state index in [9.17, 15) is 14.4 Å². The van der Waals surface area contributed by atoms with Crippen LogP contribution in [-0.4, -0.2) is 61.5 Å². The molecule has 1 aromatic carbocycles. The second-order valence-corrected chi connectivity index (χ2v) is 9.82. The van der Waals surface area contributed by atoms with Gasteiger partial charge >= 0.3 is 12.1 Å². The molecule has 0 unspecified atom stereocenters. The quantitative estimate of drug-likeness (QED) is 0.431. The molecular formula is C24H37N3O6. The van der Waals surface area contributed by atoms with Crippen LogP contribution in [0.3, 0.4) is 0 Å². The van der Waals surface area contributed by atoms with E-state index in [4.69, 9.17) is 14.2 Å². The molecule has 3 N–H and O–H groups in total. The average molecular weight is 464 g/mol. The van der Waals surface area contributed by atoms with Crippen LogP contribution in [0, 0.1) is 5.92 Å². The van der Waals surface area contributed by atoms with Crippen LogP contribution in [0.5, 0.6) is 0 Å². The maximum absolute atomic E-state index is 12.8. The minimum absolute atomic E-state index is 0.00234. The Bertz CT molecular complexity index is 787. The predicted molar refractivity (Wildman–Crippen MR) is 123 cm³/mol. The summed E-state index contributed by atoms with van der Waals surface area (Å²) in [5, 5.41) is 8.69. The summed E-state index contributed by atoms with van der Waals surface area (Å²) in [4.78, 5) is 37.1. The number of nitrogens with one attached hydrogen (secondary N) is 3. The van der Waals surface area contributed by atoms with Crippen LogP contribution in [0.2, 0.25) is 0 Å². The zero-order valence-corrected chi connectivity index (χ0v) is 20.2. The van der Waals surface area contributed by atoms with Crippen LogP contribution in [-0.2, 0) is 30.4 Å². The number of benzene rings is 1. The Balaban J connectivity index is 1.83. The summed E-state index contributed by atoms with van der Waals surface area (Å²) < 4.78 is 15.9. The number of carbonyl (C=O) groups is 3. The fraction of sp³-hybridized carbons (Fsp3) is 0.625. The highest BCUT2D eigenvalue weighted by atomic mass is 16.6. The molecule has 9 heteroatoms. The molecule has 2 rings (SSSR count). The molecule has 184 valence electrons. The largest absolute Gasteiger partial charge is 0.460 e. The maximum Gasteiger partial charge on any atom is 0.408 e. The highest BCUT2D eigenvalue weighted by Crippen LogP contribution is 2.16. The van der Waals surface area contributed by atoms with Crippen molar-refractivity contribution in [3.05, 3.63) is 35.9 Å². The van der Waals surface area contributed by atoms with Crippen molar-refractivity contribution in [2.24, 2.45) is 5.92 Å². The molecule has 1 aromatic rings. The van der Waals surface area contributed by atoms with E-state index in [1.54, 1.807) is 20.8 Å². The fourth-order valence-corrected chi connectivity index (χ4v) is 3.20. The van der Waals surface area contributed by atoms with E-state index in [1.807, 2.05) is 44.2 Å². The van der Waals surface area contributed by atoms with Gasteiger partial charge in [-0.2, -0.15) is 0 Å². The van der Waals surface area contributed by atoms with Crippen molar-refractivity contribution in [1.82, 2.24) is 16.0 Å². The number of amides is 2. The Morgan fingerprint density at radius 3 is 2.33 bits per heavy atom. The Kier molecular flexibility index (Phi) is 9.67. The second-order valence-electron chi connectivity index (χ2n) is 9.82. The molecule has 9 nitrogen and oxygen atoms in total. The highest BCUT2D eigenvalue weighted by molar-refractivity contribution is 5.85. The number of alkyl carbamates (subject to hydrolysis) is 1.